The zero-order valence-corrected chi connectivity index (χ0v) is 26.7. The van der Waals surface area contributed by atoms with Crippen LogP contribution in [0, 0.1) is 0 Å². The van der Waals surface area contributed by atoms with Gasteiger partial charge in [-0.2, -0.15) is 0 Å². The molecule has 6 aromatic carbocycles. The highest BCUT2D eigenvalue weighted by Crippen LogP contribution is 2.42. The second-order valence-corrected chi connectivity index (χ2v) is 19.5. The molecule has 43 heavy (non-hydrogen) atoms. The first kappa shape index (κ1) is 24.9. The molecule has 1 unspecified atom stereocenters. The Hall–Kier alpha value is -4.65. The molecule has 1 atom stereocenters. The predicted octanol–water partition coefficient (Wildman–Crippen LogP) is 7.81. The number of benzene rings is 6. The fourth-order valence-corrected chi connectivity index (χ4v) is 13.7. The van der Waals surface area contributed by atoms with E-state index in [0.717, 1.165) is 11.2 Å². The average molecular weight is 586 g/mol. The van der Waals surface area contributed by atoms with E-state index >= 15 is 0 Å². The Kier molecular flexibility index (Phi) is 5.17. The number of rotatable bonds is 3. The van der Waals surface area contributed by atoms with E-state index in [1.807, 2.05) is 0 Å². The van der Waals surface area contributed by atoms with Gasteiger partial charge in [-0.15, -0.1) is 0 Å². The molecule has 0 radical (unpaired) electrons. The minimum atomic E-state index is -1.99. The molecule has 3 heterocycles. The van der Waals surface area contributed by atoms with Crippen molar-refractivity contribution in [3.05, 3.63) is 127 Å². The highest BCUT2D eigenvalue weighted by molar-refractivity contribution is 7.04. The first-order valence-corrected chi connectivity index (χ1v) is 20.5. The summed E-state index contributed by atoms with van der Waals surface area (Å²) in [6.07, 6.45) is 0. The first-order chi connectivity index (χ1) is 21.0. The van der Waals surface area contributed by atoms with Crippen molar-refractivity contribution in [3.63, 3.8) is 0 Å². The van der Waals surface area contributed by atoms with Crippen LogP contribution in [0.25, 0.3) is 44.2 Å². The molecule has 9 rings (SSSR count). The molecule has 0 aliphatic carbocycles. The van der Waals surface area contributed by atoms with E-state index in [1.54, 1.807) is 5.19 Å². The lowest BCUT2D eigenvalue weighted by atomic mass is 10.0. The zero-order chi connectivity index (χ0) is 28.9. The molecule has 2 aliphatic rings. The maximum absolute atomic E-state index is 6.57. The van der Waals surface area contributed by atoms with Crippen LogP contribution in [0.2, 0.25) is 19.6 Å². The largest absolute Gasteiger partial charge is 0.455 e. The lowest BCUT2D eigenvalue weighted by Gasteiger charge is -2.30. The van der Waals surface area contributed by atoms with Gasteiger partial charge in [-0.25, -0.2) is 0 Å². The SMILES string of the molecule is C[SiH]1c2ccccc2-c2cccc(N(c3ccccc3)c3ccc4c(c3)[Si](C)(C)c3ccc5c(oc6ccccc65)c3-4)c21. The summed E-state index contributed by atoms with van der Waals surface area (Å²) in [6, 6.07) is 47.1. The highest BCUT2D eigenvalue weighted by atomic mass is 28.3. The third kappa shape index (κ3) is 3.39. The number of fused-ring (bicyclic) bond motifs is 10. The molecule has 0 saturated heterocycles. The second kappa shape index (κ2) is 8.93. The Morgan fingerprint density at radius 2 is 1.37 bits per heavy atom. The van der Waals surface area contributed by atoms with Crippen LogP contribution in [0.4, 0.5) is 17.1 Å². The highest BCUT2D eigenvalue weighted by Gasteiger charge is 2.40. The molecular weight excluding hydrogens is 555 g/mol. The van der Waals surface area contributed by atoms with Crippen molar-refractivity contribution in [1.29, 1.82) is 0 Å². The van der Waals surface area contributed by atoms with Gasteiger partial charge in [0.15, 0.2) is 0 Å². The number of hydrogen-bond acceptors (Lipinski definition) is 2. The predicted molar refractivity (Wildman–Crippen MR) is 188 cm³/mol. The van der Waals surface area contributed by atoms with E-state index in [4.69, 9.17) is 4.42 Å². The van der Waals surface area contributed by atoms with Crippen LogP contribution >= 0.6 is 0 Å². The summed E-state index contributed by atoms with van der Waals surface area (Å²) in [5, 5.41) is 8.44. The monoisotopic (exact) mass is 585 g/mol. The van der Waals surface area contributed by atoms with Crippen molar-refractivity contribution >= 4 is 76.6 Å². The van der Waals surface area contributed by atoms with Gasteiger partial charge in [0.05, 0.1) is 0 Å². The molecule has 2 aliphatic heterocycles. The normalized spacial score (nSPS) is 15.7. The molecule has 4 heteroatoms. The van der Waals surface area contributed by atoms with Crippen LogP contribution in [-0.4, -0.2) is 16.9 Å². The third-order valence-corrected chi connectivity index (χ3v) is 16.3. The molecule has 2 nitrogen and oxygen atoms in total. The van der Waals surface area contributed by atoms with Crippen LogP contribution in [0.1, 0.15) is 0 Å². The zero-order valence-electron chi connectivity index (χ0n) is 24.6. The van der Waals surface area contributed by atoms with Gasteiger partial charge in [-0.1, -0.05) is 116 Å². The Bertz CT molecular complexity index is 2250. The Balaban J connectivity index is 1.27. The van der Waals surface area contributed by atoms with E-state index in [0.29, 0.717) is 0 Å². The van der Waals surface area contributed by atoms with E-state index < -0.39 is 16.9 Å². The van der Waals surface area contributed by atoms with Gasteiger partial charge in [0.2, 0.25) is 0 Å². The first-order valence-electron chi connectivity index (χ1n) is 15.2. The molecule has 0 spiro atoms. The fourth-order valence-electron chi connectivity index (χ4n) is 7.85. The maximum Gasteiger partial charge on any atom is 0.143 e. The van der Waals surface area contributed by atoms with Crippen molar-refractivity contribution in [2.45, 2.75) is 19.6 Å². The second-order valence-electron chi connectivity index (χ2n) is 12.5. The number of hydrogen-bond donors (Lipinski definition) is 0. The molecule has 0 bridgehead atoms. The summed E-state index contributed by atoms with van der Waals surface area (Å²) >= 11 is 0. The van der Waals surface area contributed by atoms with Gasteiger partial charge in [0, 0.05) is 33.4 Å². The molecule has 206 valence electrons. The van der Waals surface area contributed by atoms with Crippen LogP contribution in [-0.2, 0) is 0 Å². The Morgan fingerprint density at radius 3 is 2.26 bits per heavy atom. The number of furan rings is 1. The topological polar surface area (TPSA) is 16.4 Å². The van der Waals surface area contributed by atoms with Crippen molar-refractivity contribution < 1.29 is 4.42 Å². The molecule has 1 aromatic heterocycles. The quantitative estimate of drug-likeness (QED) is 0.197. The van der Waals surface area contributed by atoms with E-state index in [-0.39, 0.29) is 0 Å². The van der Waals surface area contributed by atoms with Crippen molar-refractivity contribution in [1.82, 2.24) is 0 Å². The van der Waals surface area contributed by atoms with Gasteiger partial charge in [0.1, 0.15) is 28.0 Å². The van der Waals surface area contributed by atoms with Gasteiger partial charge in [-0.3, -0.25) is 0 Å². The van der Waals surface area contributed by atoms with E-state index in [2.05, 4.69) is 152 Å². The van der Waals surface area contributed by atoms with Crippen molar-refractivity contribution in [3.8, 4) is 22.3 Å². The lowest BCUT2D eigenvalue weighted by Crippen LogP contribution is -2.49. The number of para-hydroxylation sites is 2. The van der Waals surface area contributed by atoms with Gasteiger partial charge in [-0.05, 0) is 68.6 Å². The van der Waals surface area contributed by atoms with Crippen LogP contribution in [0.3, 0.4) is 0 Å². The van der Waals surface area contributed by atoms with Crippen molar-refractivity contribution in [2.75, 3.05) is 4.90 Å². The summed E-state index contributed by atoms with van der Waals surface area (Å²) in [6.45, 7) is 7.48. The Morgan fingerprint density at radius 1 is 0.605 bits per heavy atom. The van der Waals surface area contributed by atoms with Gasteiger partial charge in [0.25, 0.3) is 0 Å². The molecule has 0 amide bonds. The number of anilines is 3. The third-order valence-electron chi connectivity index (χ3n) is 9.91. The minimum Gasteiger partial charge on any atom is -0.455 e. The summed E-state index contributed by atoms with van der Waals surface area (Å²) in [5.74, 6) is 0. The smallest absolute Gasteiger partial charge is 0.143 e. The van der Waals surface area contributed by atoms with E-state index in [1.165, 1.54) is 65.6 Å². The number of nitrogens with zero attached hydrogens (tertiary/aromatic N) is 1. The van der Waals surface area contributed by atoms with E-state index in [9.17, 15) is 0 Å². The average Bonchev–Trinajstić information content (AvgIpc) is 3.64. The molecule has 0 N–H and O–H groups in total. The molecular formula is C39H31NOSi2. The molecule has 7 aromatic rings. The standard InChI is InChI=1S/C39H31NOSi2/c1-42-34-19-10-8-15-28(34)30-16-11-17-32(39(30)42)40(25-12-5-4-6-13-25)26-20-21-31-36(24-26)43(2,3)35-23-22-29-27-14-7-9-18-33(27)41-38(29)37(31)35/h4-24,42H,1-3H3. The molecule has 0 fully saturated rings. The van der Waals surface area contributed by atoms with Gasteiger partial charge >= 0.3 is 0 Å². The summed E-state index contributed by atoms with van der Waals surface area (Å²) in [7, 11) is -3.36. The van der Waals surface area contributed by atoms with Crippen molar-refractivity contribution in [2.24, 2.45) is 0 Å². The van der Waals surface area contributed by atoms with Crippen LogP contribution in [0.5, 0.6) is 0 Å². The fraction of sp³-hybridized carbons (Fsp3) is 0.0769. The van der Waals surface area contributed by atoms with Crippen LogP contribution < -0.4 is 25.6 Å². The van der Waals surface area contributed by atoms with Gasteiger partial charge < -0.3 is 9.32 Å². The Labute approximate surface area is 254 Å². The maximum atomic E-state index is 6.57. The minimum absolute atomic E-state index is 0.961. The summed E-state index contributed by atoms with van der Waals surface area (Å²) < 4.78 is 6.57. The summed E-state index contributed by atoms with van der Waals surface area (Å²) in [4.78, 5) is 2.51. The summed E-state index contributed by atoms with van der Waals surface area (Å²) in [5.41, 5.74) is 11.2. The lowest BCUT2D eigenvalue weighted by molar-refractivity contribution is 0.670. The van der Waals surface area contributed by atoms with Crippen LogP contribution in [0.15, 0.2) is 132 Å². The molecule has 0 saturated carbocycles.